The van der Waals surface area contributed by atoms with Crippen LogP contribution in [0.3, 0.4) is 0 Å². The molecule has 5 nitrogen and oxygen atoms in total. The number of fused-ring (bicyclic) bond motifs is 1. The monoisotopic (exact) mass is 205 g/mol. The number of rotatable bonds is 3. The van der Waals surface area contributed by atoms with E-state index in [1.54, 1.807) is 23.0 Å². The lowest BCUT2D eigenvalue weighted by molar-refractivity contribution is -0.137. The van der Waals surface area contributed by atoms with Crippen molar-refractivity contribution in [2.24, 2.45) is 0 Å². The van der Waals surface area contributed by atoms with E-state index < -0.39 is 5.97 Å². The third-order valence-corrected chi connectivity index (χ3v) is 2.32. The SMILES string of the molecule is CC(CC(=O)O)c1cnc2ccnn2c1. The van der Waals surface area contributed by atoms with E-state index in [-0.39, 0.29) is 12.3 Å². The van der Waals surface area contributed by atoms with Gasteiger partial charge in [0.2, 0.25) is 0 Å². The summed E-state index contributed by atoms with van der Waals surface area (Å²) in [6.07, 6.45) is 5.28. The molecule has 2 aromatic rings. The maximum Gasteiger partial charge on any atom is 0.303 e. The summed E-state index contributed by atoms with van der Waals surface area (Å²) in [5.74, 6) is -0.855. The van der Waals surface area contributed by atoms with Gasteiger partial charge in [-0.25, -0.2) is 9.50 Å². The molecule has 1 unspecified atom stereocenters. The molecule has 0 saturated heterocycles. The minimum absolute atomic E-state index is 0.0522. The van der Waals surface area contributed by atoms with Gasteiger partial charge in [-0.3, -0.25) is 4.79 Å². The van der Waals surface area contributed by atoms with Crippen LogP contribution in [0.25, 0.3) is 5.65 Å². The van der Waals surface area contributed by atoms with Gasteiger partial charge < -0.3 is 5.11 Å². The standard InChI is InChI=1S/C10H11N3O2/c1-7(4-10(14)15)8-5-11-9-2-3-12-13(9)6-8/h2-3,5-7H,4H2,1H3,(H,14,15). The normalized spacial score (nSPS) is 12.9. The minimum atomic E-state index is -0.803. The minimum Gasteiger partial charge on any atom is -0.481 e. The molecule has 0 saturated carbocycles. The molecule has 0 spiro atoms. The molecule has 0 bridgehead atoms. The first-order valence-electron chi connectivity index (χ1n) is 4.68. The Hall–Kier alpha value is -1.91. The van der Waals surface area contributed by atoms with Crippen LogP contribution in [0, 0.1) is 0 Å². The second kappa shape index (κ2) is 3.68. The Labute approximate surface area is 86.4 Å². The van der Waals surface area contributed by atoms with Crippen LogP contribution in [0.1, 0.15) is 24.8 Å². The molecule has 2 aromatic heterocycles. The van der Waals surface area contributed by atoms with E-state index in [2.05, 4.69) is 10.1 Å². The smallest absolute Gasteiger partial charge is 0.303 e. The van der Waals surface area contributed by atoms with Gasteiger partial charge in [0, 0.05) is 18.5 Å². The van der Waals surface area contributed by atoms with Crippen molar-refractivity contribution in [1.29, 1.82) is 0 Å². The van der Waals surface area contributed by atoms with Crippen LogP contribution in [0.5, 0.6) is 0 Å². The van der Waals surface area contributed by atoms with Gasteiger partial charge in [0.1, 0.15) is 0 Å². The number of aromatic nitrogens is 3. The number of carboxylic acid groups (broad SMARTS) is 1. The molecule has 0 fully saturated rings. The van der Waals surface area contributed by atoms with Crippen LogP contribution in [0.2, 0.25) is 0 Å². The van der Waals surface area contributed by atoms with E-state index in [0.29, 0.717) is 0 Å². The van der Waals surface area contributed by atoms with Crippen LogP contribution in [0.15, 0.2) is 24.7 Å². The lowest BCUT2D eigenvalue weighted by atomic mass is 10.0. The molecule has 78 valence electrons. The first kappa shape index (κ1) is 9.64. The van der Waals surface area contributed by atoms with Crippen molar-refractivity contribution in [2.75, 3.05) is 0 Å². The summed E-state index contributed by atoms with van der Waals surface area (Å²) in [5.41, 5.74) is 1.65. The third-order valence-electron chi connectivity index (χ3n) is 2.32. The highest BCUT2D eigenvalue weighted by molar-refractivity contribution is 5.67. The average molecular weight is 205 g/mol. The summed E-state index contributed by atoms with van der Waals surface area (Å²) in [4.78, 5) is 14.7. The summed E-state index contributed by atoms with van der Waals surface area (Å²) in [7, 11) is 0. The van der Waals surface area contributed by atoms with Crippen molar-refractivity contribution in [3.05, 3.63) is 30.2 Å². The number of carboxylic acids is 1. The molecule has 0 aliphatic rings. The second-order valence-corrected chi connectivity index (χ2v) is 3.52. The highest BCUT2D eigenvalue weighted by Crippen LogP contribution is 2.17. The molecule has 15 heavy (non-hydrogen) atoms. The molecule has 0 amide bonds. The fourth-order valence-corrected chi connectivity index (χ4v) is 1.46. The van der Waals surface area contributed by atoms with Gasteiger partial charge in [-0.15, -0.1) is 0 Å². The van der Waals surface area contributed by atoms with Gasteiger partial charge in [-0.1, -0.05) is 6.92 Å². The summed E-state index contributed by atoms with van der Waals surface area (Å²) in [6, 6.07) is 1.80. The number of nitrogens with zero attached hydrogens (tertiary/aromatic N) is 3. The highest BCUT2D eigenvalue weighted by Gasteiger charge is 2.11. The van der Waals surface area contributed by atoms with Crippen LogP contribution < -0.4 is 0 Å². The molecule has 2 rings (SSSR count). The quantitative estimate of drug-likeness (QED) is 0.820. The Balaban J connectivity index is 2.30. The van der Waals surface area contributed by atoms with Gasteiger partial charge in [-0.2, -0.15) is 5.10 Å². The Kier molecular flexibility index (Phi) is 2.37. The maximum atomic E-state index is 10.6. The second-order valence-electron chi connectivity index (χ2n) is 3.52. The largest absolute Gasteiger partial charge is 0.481 e. The van der Waals surface area contributed by atoms with Crippen LogP contribution in [0.4, 0.5) is 0 Å². The molecule has 1 atom stereocenters. The first-order chi connectivity index (χ1) is 7.16. The van der Waals surface area contributed by atoms with Gasteiger partial charge in [0.05, 0.1) is 12.6 Å². The Morgan fingerprint density at radius 2 is 2.47 bits per heavy atom. The number of hydrogen-bond acceptors (Lipinski definition) is 3. The van der Waals surface area contributed by atoms with Crippen LogP contribution in [-0.4, -0.2) is 25.7 Å². The van der Waals surface area contributed by atoms with E-state index in [9.17, 15) is 4.79 Å². The zero-order valence-corrected chi connectivity index (χ0v) is 8.29. The lowest BCUT2D eigenvalue weighted by Crippen LogP contribution is -2.04. The van der Waals surface area contributed by atoms with E-state index >= 15 is 0 Å². The average Bonchev–Trinajstić information content (AvgIpc) is 2.62. The van der Waals surface area contributed by atoms with Crippen molar-refractivity contribution in [2.45, 2.75) is 19.3 Å². The summed E-state index contributed by atoms with van der Waals surface area (Å²) < 4.78 is 1.65. The Morgan fingerprint density at radius 3 is 3.20 bits per heavy atom. The molecule has 1 N–H and O–H groups in total. The van der Waals surface area contributed by atoms with Gasteiger partial charge in [0.15, 0.2) is 5.65 Å². The fraction of sp³-hybridized carbons (Fsp3) is 0.300. The molecule has 0 radical (unpaired) electrons. The summed E-state index contributed by atoms with van der Waals surface area (Å²) in [6.45, 7) is 1.86. The van der Waals surface area contributed by atoms with Crippen molar-refractivity contribution < 1.29 is 9.90 Å². The molecule has 0 aromatic carbocycles. The zero-order valence-electron chi connectivity index (χ0n) is 8.29. The van der Waals surface area contributed by atoms with Gasteiger partial charge in [-0.05, 0) is 11.5 Å². The van der Waals surface area contributed by atoms with Crippen molar-refractivity contribution in [1.82, 2.24) is 14.6 Å². The third kappa shape index (κ3) is 1.96. The lowest BCUT2D eigenvalue weighted by Gasteiger charge is -2.08. The molecule has 0 aliphatic heterocycles. The highest BCUT2D eigenvalue weighted by atomic mass is 16.4. The molecular weight excluding hydrogens is 194 g/mol. The summed E-state index contributed by atoms with van der Waals surface area (Å²) >= 11 is 0. The van der Waals surface area contributed by atoms with Crippen LogP contribution in [-0.2, 0) is 4.79 Å². The van der Waals surface area contributed by atoms with E-state index in [0.717, 1.165) is 11.2 Å². The molecular formula is C10H11N3O2. The van der Waals surface area contributed by atoms with E-state index in [1.807, 2.05) is 13.1 Å². The Morgan fingerprint density at radius 1 is 1.67 bits per heavy atom. The van der Waals surface area contributed by atoms with Crippen molar-refractivity contribution in [3.8, 4) is 0 Å². The van der Waals surface area contributed by atoms with E-state index in [4.69, 9.17) is 5.11 Å². The molecule has 0 aliphatic carbocycles. The number of aliphatic carboxylic acids is 1. The fourth-order valence-electron chi connectivity index (χ4n) is 1.46. The number of carbonyl (C=O) groups is 1. The molecule has 2 heterocycles. The van der Waals surface area contributed by atoms with Crippen molar-refractivity contribution >= 4 is 11.6 Å². The van der Waals surface area contributed by atoms with Crippen LogP contribution >= 0.6 is 0 Å². The zero-order chi connectivity index (χ0) is 10.8. The first-order valence-corrected chi connectivity index (χ1v) is 4.68. The predicted molar refractivity (Wildman–Crippen MR) is 53.7 cm³/mol. The van der Waals surface area contributed by atoms with Gasteiger partial charge >= 0.3 is 5.97 Å². The maximum absolute atomic E-state index is 10.6. The topological polar surface area (TPSA) is 67.5 Å². The van der Waals surface area contributed by atoms with Gasteiger partial charge in [0.25, 0.3) is 0 Å². The number of hydrogen-bond donors (Lipinski definition) is 1. The van der Waals surface area contributed by atoms with E-state index in [1.165, 1.54) is 0 Å². The Bertz CT molecular complexity index is 492. The predicted octanol–water partition coefficient (Wildman–Crippen LogP) is 1.31. The molecule has 5 heteroatoms. The summed E-state index contributed by atoms with van der Waals surface area (Å²) in [5, 5.41) is 12.7. The van der Waals surface area contributed by atoms with Crippen molar-refractivity contribution in [3.63, 3.8) is 0 Å².